The van der Waals surface area contributed by atoms with Crippen molar-refractivity contribution in [3.8, 4) is 0 Å². The zero-order valence-electron chi connectivity index (χ0n) is 9.99. The smallest absolute Gasteiger partial charge is 0.401 e. The van der Waals surface area contributed by atoms with Crippen molar-refractivity contribution in [3.05, 3.63) is 18.0 Å². The Hall–Kier alpha value is -1.57. The molecule has 0 saturated heterocycles. The lowest BCUT2D eigenvalue weighted by molar-refractivity contribution is -0.149. The lowest BCUT2D eigenvalue weighted by Gasteiger charge is -2.17. The molecule has 1 heterocycles. The Balaban J connectivity index is 2.78. The molecule has 0 bridgehead atoms. The summed E-state index contributed by atoms with van der Waals surface area (Å²) in [4.78, 5) is 11.6. The number of ether oxygens (including phenoxy) is 1. The molecule has 0 saturated carbocycles. The van der Waals surface area contributed by atoms with Crippen LogP contribution in [0.5, 0.6) is 0 Å². The van der Waals surface area contributed by atoms with Crippen LogP contribution in [0.2, 0.25) is 0 Å². The van der Waals surface area contributed by atoms with Crippen LogP contribution in [0.25, 0.3) is 0 Å². The molecule has 8 heteroatoms. The molecule has 1 atom stereocenters. The molecule has 0 aliphatic rings. The minimum Gasteiger partial charge on any atom is -0.465 e. The van der Waals surface area contributed by atoms with Gasteiger partial charge in [-0.15, -0.1) is 0 Å². The van der Waals surface area contributed by atoms with Crippen LogP contribution in [0.15, 0.2) is 12.4 Å². The molecule has 1 aromatic heterocycles. The van der Waals surface area contributed by atoms with Crippen LogP contribution in [0, 0.1) is 0 Å². The second-order valence-electron chi connectivity index (χ2n) is 3.63. The molecule has 102 valence electrons. The number of hydrogen-bond acceptors (Lipinski definition) is 4. The summed E-state index contributed by atoms with van der Waals surface area (Å²) in [5.74, 6) is -0.755. The first kappa shape index (κ1) is 14.5. The third-order valence-corrected chi connectivity index (χ3v) is 2.09. The Morgan fingerprint density at radius 1 is 1.61 bits per heavy atom. The quantitative estimate of drug-likeness (QED) is 0.812. The molecule has 0 fully saturated rings. The summed E-state index contributed by atoms with van der Waals surface area (Å²) in [5, 5.41) is 5.93. The molecule has 0 aliphatic heterocycles. The number of nitrogens with one attached hydrogen (secondary N) is 1. The van der Waals surface area contributed by atoms with Gasteiger partial charge in [0.25, 0.3) is 0 Å². The lowest BCUT2D eigenvalue weighted by Crippen LogP contribution is -2.36. The van der Waals surface area contributed by atoms with Gasteiger partial charge in [0.15, 0.2) is 0 Å². The van der Waals surface area contributed by atoms with Gasteiger partial charge in [-0.3, -0.25) is 10.00 Å². The average Bonchev–Trinajstić information content (AvgIpc) is 2.64. The second-order valence-corrected chi connectivity index (χ2v) is 3.63. The van der Waals surface area contributed by atoms with Crippen LogP contribution < -0.4 is 5.32 Å². The van der Waals surface area contributed by atoms with Crippen molar-refractivity contribution in [2.75, 3.05) is 13.2 Å². The highest BCUT2D eigenvalue weighted by Crippen LogP contribution is 2.18. The van der Waals surface area contributed by atoms with E-state index in [0.717, 1.165) is 0 Å². The van der Waals surface area contributed by atoms with Crippen molar-refractivity contribution < 1.29 is 22.7 Å². The highest BCUT2D eigenvalue weighted by molar-refractivity contribution is 5.77. The molecule has 1 unspecified atom stereocenters. The molecule has 0 aromatic carbocycles. The first-order valence-corrected chi connectivity index (χ1v) is 5.29. The maximum Gasteiger partial charge on any atom is 0.401 e. The number of alkyl halides is 3. The molecular formula is C10H14F3N3O2. The number of esters is 1. The molecule has 0 amide bonds. The van der Waals surface area contributed by atoms with Crippen LogP contribution in [0.3, 0.4) is 0 Å². The number of aromatic nitrogens is 2. The van der Waals surface area contributed by atoms with Gasteiger partial charge < -0.3 is 4.74 Å². The maximum absolute atomic E-state index is 12.2. The van der Waals surface area contributed by atoms with Crippen molar-refractivity contribution in [3.63, 3.8) is 0 Å². The van der Waals surface area contributed by atoms with E-state index in [1.165, 1.54) is 17.1 Å². The Kier molecular flexibility index (Phi) is 4.71. The number of rotatable bonds is 5. The van der Waals surface area contributed by atoms with Crippen LogP contribution >= 0.6 is 0 Å². The number of carbonyl (C=O) groups is 1. The van der Waals surface area contributed by atoms with Crippen molar-refractivity contribution in [1.82, 2.24) is 15.1 Å². The van der Waals surface area contributed by atoms with Crippen molar-refractivity contribution in [2.45, 2.75) is 19.1 Å². The molecule has 0 aliphatic carbocycles. The standard InChI is InChI=1S/C10H14F3N3O2/c1-3-18-9(17)8(14-6-10(11,12)13)7-4-15-16(2)5-7/h4-5,8,14H,3,6H2,1-2H3. The van der Waals surface area contributed by atoms with Crippen LogP contribution in [0.4, 0.5) is 13.2 Å². The highest BCUT2D eigenvalue weighted by Gasteiger charge is 2.31. The summed E-state index contributed by atoms with van der Waals surface area (Å²) in [6.45, 7) is 0.413. The first-order chi connectivity index (χ1) is 8.33. The SMILES string of the molecule is CCOC(=O)C(NCC(F)(F)F)c1cnn(C)c1. The third-order valence-electron chi connectivity index (χ3n) is 2.09. The number of hydrogen-bond donors (Lipinski definition) is 1. The highest BCUT2D eigenvalue weighted by atomic mass is 19.4. The van der Waals surface area contributed by atoms with Gasteiger partial charge in [0.2, 0.25) is 0 Å². The van der Waals surface area contributed by atoms with E-state index in [0.29, 0.717) is 5.56 Å². The first-order valence-electron chi connectivity index (χ1n) is 5.29. The molecule has 0 spiro atoms. The Morgan fingerprint density at radius 2 is 2.28 bits per heavy atom. The summed E-state index contributed by atoms with van der Waals surface area (Å²) < 4.78 is 42.6. The summed E-state index contributed by atoms with van der Waals surface area (Å²) in [5.41, 5.74) is 0.334. The fraction of sp³-hybridized carbons (Fsp3) is 0.600. The normalized spacial score (nSPS) is 13.4. The lowest BCUT2D eigenvalue weighted by atomic mass is 10.1. The summed E-state index contributed by atoms with van der Waals surface area (Å²) in [6, 6.07) is -1.17. The largest absolute Gasteiger partial charge is 0.465 e. The van der Waals surface area contributed by atoms with Crippen molar-refractivity contribution in [1.29, 1.82) is 0 Å². The molecule has 5 nitrogen and oxygen atoms in total. The average molecular weight is 265 g/mol. The molecular weight excluding hydrogens is 251 g/mol. The molecule has 1 rings (SSSR count). The number of halogens is 3. The van der Waals surface area contributed by atoms with Gasteiger partial charge in [0.05, 0.1) is 19.3 Å². The summed E-state index contributed by atoms with van der Waals surface area (Å²) in [7, 11) is 1.61. The minimum atomic E-state index is -4.40. The number of nitrogens with zero attached hydrogens (tertiary/aromatic N) is 2. The topological polar surface area (TPSA) is 56.1 Å². The second kappa shape index (κ2) is 5.85. The van der Waals surface area contributed by atoms with Gasteiger partial charge in [0.1, 0.15) is 6.04 Å². The van der Waals surface area contributed by atoms with E-state index in [2.05, 4.69) is 10.4 Å². The van der Waals surface area contributed by atoms with Crippen LogP contribution in [-0.2, 0) is 16.6 Å². The molecule has 18 heavy (non-hydrogen) atoms. The monoisotopic (exact) mass is 265 g/mol. The van der Waals surface area contributed by atoms with Gasteiger partial charge in [0, 0.05) is 18.8 Å². The van der Waals surface area contributed by atoms with E-state index in [9.17, 15) is 18.0 Å². The van der Waals surface area contributed by atoms with Crippen molar-refractivity contribution in [2.24, 2.45) is 7.05 Å². The molecule has 1 aromatic rings. The van der Waals surface area contributed by atoms with Gasteiger partial charge >= 0.3 is 12.1 Å². The fourth-order valence-corrected chi connectivity index (χ4v) is 1.37. The predicted molar refractivity (Wildman–Crippen MR) is 56.6 cm³/mol. The van der Waals surface area contributed by atoms with Gasteiger partial charge in [-0.05, 0) is 6.92 Å². The number of aryl methyl sites for hydroxylation is 1. The van der Waals surface area contributed by atoms with Crippen molar-refractivity contribution >= 4 is 5.97 Å². The van der Waals surface area contributed by atoms with E-state index in [4.69, 9.17) is 4.74 Å². The Bertz CT molecular complexity index is 403. The van der Waals surface area contributed by atoms with E-state index in [-0.39, 0.29) is 6.61 Å². The summed E-state index contributed by atoms with van der Waals surface area (Å²) in [6.07, 6.45) is -1.61. The van der Waals surface area contributed by atoms with E-state index in [1.54, 1.807) is 14.0 Å². The summed E-state index contributed by atoms with van der Waals surface area (Å²) >= 11 is 0. The predicted octanol–water partition coefficient (Wildman–Crippen LogP) is 1.18. The number of carbonyl (C=O) groups excluding carboxylic acids is 1. The van der Waals surface area contributed by atoms with Gasteiger partial charge in [-0.1, -0.05) is 0 Å². The van der Waals surface area contributed by atoms with Crippen LogP contribution in [0.1, 0.15) is 18.5 Å². The third kappa shape index (κ3) is 4.36. The Morgan fingerprint density at radius 3 is 2.72 bits per heavy atom. The zero-order chi connectivity index (χ0) is 13.8. The van der Waals surface area contributed by atoms with E-state index in [1.807, 2.05) is 0 Å². The van der Waals surface area contributed by atoms with E-state index < -0.39 is 24.7 Å². The van der Waals surface area contributed by atoms with Gasteiger partial charge in [-0.2, -0.15) is 18.3 Å². The van der Waals surface area contributed by atoms with E-state index >= 15 is 0 Å². The van der Waals surface area contributed by atoms with Gasteiger partial charge in [-0.25, -0.2) is 4.79 Å². The Labute approximate surface area is 102 Å². The molecule has 1 N–H and O–H groups in total. The zero-order valence-corrected chi connectivity index (χ0v) is 9.99. The van der Waals surface area contributed by atoms with Crippen LogP contribution in [-0.4, -0.2) is 35.1 Å². The minimum absolute atomic E-state index is 0.100. The maximum atomic E-state index is 12.2. The molecule has 0 radical (unpaired) electrons. The fourth-order valence-electron chi connectivity index (χ4n) is 1.37.